The maximum Gasteiger partial charge on any atom is 0.243 e. The number of nitrogens with zero attached hydrogens (tertiary/aromatic N) is 1. The van der Waals surface area contributed by atoms with Gasteiger partial charge < -0.3 is 9.47 Å². The summed E-state index contributed by atoms with van der Waals surface area (Å²) < 4.78 is 38.6. The lowest BCUT2D eigenvalue weighted by Crippen LogP contribution is -2.42. The minimum absolute atomic E-state index is 0.248. The second-order valence-corrected chi connectivity index (χ2v) is 8.17. The number of hydrogen-bond acceptors (Lipinski definition) is 4. The molecule has 1 fully saturated rings. The molecule has 2 aromatic carbocycles. The van der Waals surface area contributed by atoms with Crippen molar-refractivity contribution in [2.45, 2.75) is 24.8 Å². The fraction of sp³-hybridized carbons (Fsp3) is 0.368. The van der Waals surface area contributed by atoms with Crippen LogP contribution in [0.4, 0.5) is 0 Å². The minimum Gasteiger partial charge on any atom is -0.497 e. The molecule has 134 valence electrons. The Morgan fingerprint density at radius 3 is 2.48 bits per heavy atom. The number of morpholine rings is 1. The molecule has 0 spiro atoms. The second kappa shape index (κ2) is 7.15. The molecule has 1 heterocycles. The van der Waals surface area contributed by atoms with Crippen molar-refractivity contribution >= 4 is 10.0 Å². The van der Waals surface area contributed by atoms with Crippen molar-refractivity contribution in [1.82, 2.24) is 4.31 Å². The summed E-state index contributed by atoms with van der Waals surface area (Å²) in [5.41, 5.74) is 2.84. The number of aryl methyl sites for hydroxylation is 2. The van der Waals surface area contributed by atoms with Gasteiger partial charge in [-0.05, 0) is 43.2 Å². The standard InChI is InChI=1S/C19H23NO4S/c1-14-4-6-16(7-5-14)18-13-20(10-11-24-18)25(21,22)19-9-8-17(23-3)12-15(19)2/h4-9,12,18H,10-11,13H2,1-3H3. The Morgan fingerprint density at radius 2 is 1.84 bits per heavy atom. The highest BCUT2D eigenvalue weighted by Crippen LogP contribution is 2.29. The van der Waals surface area contributed by atoms with Gasteiger partial charge in [-0.1, -0.05) is 29.8 Å². The summed E-state index contributed by atoms with van der Waals surface area (Å²) in [5.74, 6) is 0.649. The molecule has 0 bridgehead atoms. The fourth-order valence-corrected chi connectivity index (χ4v) is 4.63. The number of rotatable bonds is 4. The van der Waals surface area contributed by atoms with Crippen LogP contribution in [0.25, 0.3) is 0 Å². The highest BCUT2D eigenvalue weighted by Gasteiger charge is 2.32. The van der Waals surface area contributed by atoms with Gasteiger partial charge in [0.1, 0.15) is 5.75 Å². The lowest BCUT2D eigenvalue weighted by atomic mass is 10.1. The van der Waals surface area contributed by atoms with Crippen LogP contribution in [0.2, 0.25) is 0 Å². The van der Waals surface area contributed by atoms with Crippen LogP contribution < -0.4 is 4.74 Å². The van der Waals surface area contributed by atoms with Gasteiger partial charge in [0.15, 0.2) is 0 Å². The van der Waals surface area contributed by atoms with Crippen molar-refractivity contribution < 1.29 is 17.9 Å². The van der Waals surface area contributed by atoms with Crippen LogP contribution in [0, 0.1) is 13.8 Å². The van der Waals surface area contributed by atoms with E-state index in [1.54, 1.807) is 32.2 Å². The van der Waals surface area contributed by atoms with Gasteiger partial charge in [0.2, 0.25) is 10.0 Å². The summed E-state index contributed by atoms with van der Waals surface area (Å²) in [5, 5.41) is 0. The van der Waals surface area contributed by atoms with Gasteiger partial charge in [0, 0.05) is 13.1 Å². The number of sulfonamides is 1. The molecule has 0 aromatic heterocycles. The van der Waals surface area contributed by atoms with E-state index >= 15 is 0 Å². The lowest BCUT2D eigenvalue weighted by molar-refractivity contribution is -0.00257. The van der Waals surface area contributed by atoms with E-state index in [2.05, 4.69) is 0 Å². The Hall–Kier alpha value is -1.89. The van der Waals surface area contributed by atoms with Crippen molar-refractivity contribution in [3.05, 3.63) is 59.2 Å². The SMILES string of the molecule is COc1ccc(S(=O)(=O)N2CCOC(c3ccc(C)cc3)C2)c(C)c1. The molecule has 5 nitrogen and oxygen atoms in total. The Labute approximate surface area is 149 Å². The largest absolute Gasteiger partial charge is 0.497 e. The number of ether oxygens (including phenoxy) is 2. The van der Waals surface area contributed by atoms with Crippen LogP contribution >= 0.6 is 0 Å². The first-order chi connectivity index (χ1) is 11.9. The molecule has 0 radical (unpaired) electrons. The highest BCUT2D eigenvalue weighted by molar-refractivity contribution is 7.89. The monoisotopic (exact) mass is 361 g/mol. The molecule has 0 saturated carbocycles. The molecular formula is C19H23NO4S. The first kappa shape index (κ1) is 17.9. The van der Waals surface area contributed by atoms with Gasteiger partial charge in [-0.25, -0.2) is 8.42 Å². The van der Waals surface area contributed by atoms with Crippen LogP contribution in [0.1, 0.15) is 22.8 Å². The molecule has 0 aliphatic carbocycles. The van der Waals surface area contributed by atoms with E-state index < -0.39 is 10.0 Å². The molecular weight excluding hydrogens is 338 g/mol. The quantitative estimate of drug-likeness (QED) is 0.840. The van der Waals surface area contributed by atoms with Crippen LogP contribution in [-0.4, -0.2) is 39.5 Å². The minimum atomic E-state index is -3.57. The average Bonchev–Trinajstić information content (AvgIpc) is 2.62. The zero-order chi connectivity index (χ0) is 18.0. The molecule has 2 aromatic rings. The van der Waals surface area contributed by atoms with Gasteiger partial charge in [0.05, 0.1) is 24.7 Å². The second-order valence-electron chi connectivity index (χ2n) is 6.26. The first-order valence-corrected chi connectivity index (χ1v) is 9.69. The normalized spacial score (nSPS) is 18.9. The fourth-order valence-electron chi connectivity index (χ4n) is 3.00. The summed E-state index contributed by atoms with van der Waals surface area (Å²) in [4.78, 5) is 0.317. The highest BCUT2D eigenvalue weighted by atomic mass is 32.2. The van der Waals surface area contributed by atoms with E-state index in [9.17, 15) is 8.42 Å². The van der Waals surface area contributed by atoms with Gasteiger partial charge in [-0.3, -0.25) is 0 Å². The van der Waals surface area contributed by atoms with Crippen LogP contribution in [0.3, 0.4) is 0 Å². The third kappa shape index (κ3) is 3.71. The summed E-state index contributed by atoms with van der Waals surface area (Å²) >= 11 is 0. The summed E-state index contributed by atoms with van der Waals surface area (Å²) in [7, 11) is -2.00. The zero-order valence-corrected chi connectivity index (χ0v) is 15.5. The van der Waals surface area contributed by atoms with Crippen molar-refractivity contribution in [3.8, 4) is 5.75 Å². The predicted molar refractivity (Wildman–Crippen MR) is 96.4 cm³/mol. The van der Waals surface area contributed by atoms with Crippen molar-refractivity contribution in [2.75, 3.05) is 26.8 Å². The molecule has 1 saturated heterocycles. The first-order valence-electron chi connectivity index (χ1n) is 8.25. The van der Waals surface area contributed by atoms with E-state index in [0.29, 0.717) is 35.9 Å². The van der Waals surface area contributed by atoms with Crippen LogP contribution in [-0.2, 0) is 14.8 Å². The molecule has 6 heteroatoms. The molecule has 0 N–H and O–H groups in total. The van der Waals surface area contributed by atoms with E-state index in [0.717, 1.165) is 11.1 Å². The number of benzene rings is 2. The molecule has 1 atom stereocenters. The maximum atomic E-state index is 13.1. The molecule has 3 rings (SSSR count). The van der Waals surface area contributed by atoms with Gasteiger partial charge >= 0.3 is 0 Å². The maximum absolute atomic E-state index is 13.1. The molecule has 1 aliphatic rings. The smallest absolute Gasteiger partial charge is 0.243 e. The molecule has 1 unspecified atom stereocenters. The predicted octanol–water partition coefficient (Wildman–Crippen LogP) is 3.07. The van der Waals surface area contributed by atoms with Crippen molar-refractivity contribution in [2.24, 2.45) is 0 Å². The van der Waals surface area contributed by atoms with Gasteiger partial charge in [0.25, 0.3) is 0 Å². The van der Waals surface area contributed by atoms with Gasteiger partial charge in [-0.2, -0.15) is 4.31 Å². The number of methoxy groups -OCH3 is 1. The van der Waals surface area contributed by atoms with E-state index in [4.69, 9.17) is 9.47 Å². The third-order valence-electron chi connectivity index (χ3n) is 4.48. The molecule has 1 aliphatic heterocycles. The molecule has 25 heavy (non-hydrogen) atoms. The van der Waals surface area contributed by atoms with Crippen LogP contribution in [0.5, 0.6) is 5.75 Å². The van der Waals surface area contributed by atoms with E-state index in [1.165, 1.54) is 4.31 Å². The Kier molecular flexibility index (Phi) is 5.13. The topological polar surface area (TPSA) is 55.8 Å². The Bertz CT molecular complexity index is 846. The third-order valence-corrected chi connectivity index (χ3v) is 6.50. The lowest BCUT2D eigenvalue weighted by Gasteiger charge is -2.32. The summed E-state index contributed by atoms with van der Waals surface area (Å²) in [6.45, 7) is 4.86. The van der Waals surface area contributed by atoms with Gasteiger partial charge in [-0.15, -0.1) is 0 Å². The van der Waals surface area contributed by atoms with Crippen LogP contribution in [0.15, 0.2) is 47.4 Å². The summed E-state index contributed by atoms with van der Waals surface area (Å²) in [6.07, 6.45) is -0.248. The average molecular weight is 361 g/mol. The molecule has 0 amide bonds. The summed E-state index contributed by atoms with van der Waals surface area (Å²) in [6, 6.07) is 13.0. The van der Waals surface area contributed by atoms with Crippen molar-refractivity contribution in [1.29, 1.82) is 0 Å². The number of hydrogen-bond donors (Lipinski definition) is 0. The Morgan fingerprint density at radius 1 is 1.12 bits per heavy atom. The van der Waals surface area contributed by atoms with Crippen molar-refractivity contribution in [3.63, 3.8) is 0 Å². The van der Waals surface area contributed by atoms with E-state index in [1.807, 2.05) is 31.2 Å². The Balaban J connectivity index is 1.86. The van der Waals surface area contributed by atoms with E-state index in [-0.39, 0.29) is 6.10 Å². The zero-order valence-electron chi connectivity index (χ0n) is 14.7.